The van der Waals surface area contributed by atoms with Crippen molar-refractivity contribution in [3.8, 4) is 0 Å². The zero-order valence-corrected chi connectivity index (χ0v) is 8.40. The summed E-state index contributed by atoms with van der Waals surface area (Å²) in [6.45, 7) is 0.689. The molecule has 88 valence electrons. The number of carbonyl (C=O) groups excluding carboxylic acids is 3. The fourth-order valence-corrected chi connectivity index (χ4v) is 1.17. The lowest BCUT2D eigenvalue weighted by atomic mass is 10.1. The largest absolute Gasteiger partial charge is 0.412 e. The predicted octanol–water partition coefficient (Wildman–Crippen LogP) is -1.34. The van der Waals surface area contributed by atoms with Crippen molar-refractivity contribution in [2.75, 3.05) is 0 Å². The molecule has 1 aromatic rings. The fraction of sp³-hybridized carbons (Fsp3) is 0.100. The standard InChI is InChI=1S/C8H7NO.C2H2O2.2H2O/c10-8-7-4-2-1-3-6(7)5-9-8;3-1-2-4;;/h1-4H,5H2,(H,9,10);1-2H;2*1H2. The SMILES string of the molecule is O.O.O=C1NCc2ccccc21.O=CC=O. The summed E-state index contributed by atoms with van der Waals surface area (Å²) in [5.74, 6) is 0.0515. The molecule has 0 bridgehead atoms. The van der Waals surface area contributed by atoms with E-state index in [0.29, 0.717) is 6.54 Å². The Labute approximate surface area is 91.9 Å². The maximum atomic E-state index is 11.0. The third-order valence-corrected chi connectivity index (χ3v) is 1.76. The van der Waals surface area contributed by atoms with Crippen LogP contribution < -0.4 is 5.32 Å². The fourth-order valence-electron chi connectivity index (χ4n) is 1.17. The topological polar surface area (TPSA) is 126 Å². The molecule has 1 aromatic carbocycles. The summed E-state index contributed by atoms with van der Waals surface area (Å²) < 4.78 is 0. The summed E-state index contributed by atoms with van der Waals surface area (Å²) in [4.78, 5) is 28.6. The molecule has 5 N–H and O–H groups in total. The van der Waals surface area contributed by atoms with E-state index in [1.54, 1.807) is 0 Å². The molecule has 1 heterocycles. The number of benzene rings is 1. The summed E-state index contributed by atoms with van der Waals surface area (Å²) in [5, 5.41) is 2.75. The van der Waals surface area contributed by atoms with E-state index >= 15 is 0 Å². The molecule has 0 atom stereocenters. The van der Waals surface area contributed by atoms with Crippen LogP contribution in [0.1, 0.15) is 15.9 Å². The molecule has 0 aromatic heterocycles. The molecule has 6 heteroatoms. The smallest absolute Gasteiger partial charge is 0.251 e. The first-order valence-corrected chi connectivity index (χ1v) is 4.04. The minimum absolute atomic E-state index is 0. The van der Waals surface area contributed by atoms with Crippen LogP contribution in [-0.4, -0.2) is 29.4 Å². The van der Waals surface area contributed by atoms with Crippen LogP contribution in [0.2, 0.25) is 0 Å². The molecule has 2 rings (SSSR count). The molecule has 0 radical (unpaired) electrons. The predicted molar refractivity (Wildman–Crippen MR) is 57.0 cm³/mol. The van der Waals surface area contributed by atoms with Gasteiger partial charge in [-0.05, 0) is 11.6 Å². The molecular formula is C10H13NO5. The Kier molecular flexibility index (Phi) is 8.47. The summed E-state index contributed by atoms with van der Waals surface area (Å²) >= 11 is 0. The van der Waals surface area contributed by atoms with Gasteiger partial charge >= 0.3 is 0 Å². The molecule has 6 nitrogen and oxygen atoms in total. The van der Waals surface area contributed by atoms with Gasteiger partial charge in [0.15, 0.2) is 12.6 Å². The Balaban J connectivity index is 0. The van der Waals surface area contributed by atoms with Crippen molar-refractivity contribution < 1.29 is 25.3 Å². The second kappa shape index (κ2) is 8.27. The van der Waals surface area contributed by atoms with Gasteiger partial charge < -0.3 is 16.3 Å². The summed E-state index contributed by atoms with van der Waals surface area (Å²) in [7, 11) is 0. The lowest BCUT2D eigenvalue weighted by molar-refractivity contribution is -0.122. The highest BCUT2D eigenvalue weighted by Crippen LogP contribution is 2.13. The third kappa shape index (κ3) is 3.99. The van der Waals surface area contributed by atoms with Crippen LogP contribution in [0.25, 0.3) is 0 Å². The van der Waals surface area contributed by atoms with Crippen molar-refractivity contribution in [2.45, 2.75) is 6.54 Å². The van der Waals surface area contributed by atoms with Gasteiger partial charge in [-0.3, -0.25) is 14.4 Å². The van der Waals surface area contributed by atoms with E-state index in [0.717, 1.165) is 11.1 Å². The second-order valence-electron chi connectivity index (χ2n) is 2.61. The van der Waals surface area contributed by atoms with Gasteiger partial charge in [-0.1, -0.05) is 18.2 Å². The third-order valence-electron chi connectivity index (χ3n) is 1.76. The Morgan fingerprint density at radius 1 is 1.06 bits per heavy atom. The first-order valence-electron chi connectivity index (χ1n) is 4.04. The van der Waals surface area contributed by atoms with Crippen LogP contribution in [0, 0.1) is 0 Å². The lowest BCUT2D eigenvalue weighted by Gasteiger charge is -1.89. The van der Waals surface area contributed by atoms with Gasteiger partial charge in [-0.2, -0.15) is 0 Å². The Bertz CT molecular complexity index is 358. The number of amides is 1. The molecular weight excluding hydrogens is 214 g/mol. The van der Waals surface area contributed by atoms with Gasteiger partial charge in [0.05, 0.1) is 0 Å². The van der Waals surface area contributed by atoms with Crippen molar-refractivity contribution in [1.29, 1.82) is 0 Å². The van der Waals surface area contributed by atoms with Gasteiger partial charge in [0, 0.05) is 12.1 Å². The van der Waals surface area contributed by atoms with E-state index in [-0.39, 0.29) is 29.4 Å². The molecule has 1 aliphatic rings. The number of hydrogen-bond acceptors (Lipinski definition) is 3. The molecule has 1 aliphatic heterocycles. The molecule has 0 fully saturated rings. The van der Waals surface area contributed by atoms with Gasteiger partial charge in [-0.25, -0.2) is 0 Å². The van der Waals surface area contributed by atoms with E-state index in [1.165, 1.54) is 0 Å². The van der Waals surface area contributed by atoms with E-state index < -0.39 is 0 Å². The van der Waals surface area contributed by atoms with Crippen molar-refractivity contribution in [2.24, 2.45) is 0 Å². The van der Waals surface area contributed by atoms with Gasteiger partial charge in [0.1, 0.15) is 0 Å². The second-order valence-corrected chi connectivity index (χ2v) is 2.61. The van der Waals surface area contributed by atoms with Crippen LogP contribution in [0.3, 0.4) is 0 Å². The van der Waals surface area contributed by atoms with Gasteiger partial charge in [0.2, 0.25) is 0 Å². The van der Waals surface area contributed by atoms with Crippen LogP contribution >= 0.6 is 0 Å². The Morgan fingerprint density at radius 3 is 2.12 bits per heavy atom. The molecule has 0 aliphatic carbocycles. The maximum Gasteiger partial charge on any atom is 0.251 e. The summed E-state index contributed by atoms with van der Waals surface area (Å²) in [6, 6.07) is 7.63. The summed E-state index contributed by atoms with van der Waals surface area (Å²) in [5.41, 5.74) is 1.93. The Morgan fingerprint density at radius 2 is 1.62 bits per heavy atom. The monoisotopic (exact) mass is 227 g/mol. The minimum Gasteiger partial charge on any atom is -0.412 e. The van der Waals surface area contributed by atoms with E-state index in [2.05, 4.69) is 5.32 Å². The first-order chi connectivity index (χ1) is 6.79. The maximum absolute atomic E-state index is 11.0. The lowest BCUT2D eigenvalue weighted by Crippen LogP contribution is -2.12. The highest BCUT2D eigenvalue weighted by molar-refractivity contribution is 6.09. The van der Waals surface area contributed by atoms with Crippen molar-refractivity contribution >= 4 is 18.5 Å². The number of hydrogen-bond donors (Lipinski definition) is 1. The quantitative estimate of drug-likeness (QED) is 0.471. The van der Waals surface area contributed by atoms with Crippen LogP contribution in [0.15, 0.2) is 24.3 Å². The molecule has 0 spiro atoms. The van der Waals surface area contributed by atoms with Crippen LogP contribution in [0.5, 0.6) is 0 Å². The number of fused-ring (bicyclic) bond motifs is 1. The number of nitrogens with one attached hydrogen (secondary N) is 1. The van der Waals surface area contributed by atoms with Crippen LogP contribution in [-0.2, 0) is 16.1 Å². The highest BCUT2D eigenvalue weighted by Gasteiger charge is 2.16. The van der Waals surface area contributed by atoms with E-state index in [4.69, 9.17) is 9.59 Å². The normalized spacial score (nSPS) is 10.4. The van der Waals surface area contributed by atoms with E-state index in [1.807, 2.05) is 24.3 Å². The molecule has 0 saturated carbocycles. The highest BCUT2D eigenvalue weighted by atomic mass is 16.2. The Hall–Kier alpha value is -2.05. The zero-order chi connectivity index (χ0) is 10.4. The average Bonchev–Trinajstić information content (AvgIpc) is 2.62. The van der Waals surface area contributed by atoms with Crippen molar-refractivity contribution in [3.05, 3.63) is 35.4 Å². The van der Waals surface area contributed by atoms with Gasteiger partial charge in [0.25, 0.3) is 5.91 Å². The molecule has 0 saturated heterocycles. The van der Waals surface area contributed by atoms with Crippen molar-refractivity contribution in [3.63, 3.8) is 0 Å². The molecule has 1 amide bonds. The number of aldehydes is 2. The summed E-state index contributed by atoms with van der Waals surface area (Å²) in [6.07, 6.45) is 0.389. The van der Waals surface area contributed by atoms with Gasteiger partial charge in [-0.15, -0.1) is 0 Å². The number of rotatable bonds is 1. The first kappa shape index (κ1) is 16.4. The van der Waals surface area contributed by atoms with E-state index in [9.17, 15) is 4.79 Å². The molecule has 0 unspecified atom stereocenters. The average molecular weight is 227 g/mol. The number of carbonyl (C=O) groups is 3. The van der Waals surface area contributed by atoms with Crippen LogP contribution in [0.4, 0.5) is 0 Å². The van der Waals surface area contributed by atoms with Crippen molar-refractivity contribution in [1.82, 2.24) is 5.32 Å². The zero-order valence-electron chi connectivity index (χ0n) is 8.40. The molecule has 16 heavy (non-hydrogen) atoms. The minimum atomic E-state index is 0.